The number of carbonyl (C=O) groups is 1. The topological polar surface area (TPSA) is 43.8 Å². The normalized spacial score (nSPS) is 28.2. The Balaban J connectivity index is 1.30. The highest BCUT2D eigenvalue weighted by Crippen LogP contribution is 2.51. The van der Waals surface area contributed by atoms with Gasteiger partial charge >= 0.3 is 0 Å². The van der Waals surface area contributed by atoms with Crippen molar-refractivity contribution in [3.63, 3.8) is 0 Å². The van der Waals surface area contributed by atoms with E-state index in [1.165, 1.54) is 11.1 Å². The smallest absolute Gasteiger partial charge is 0.233 e. The predicted octanol–water partition coefficient (Wildman–Crippen LogP) is 3.06. The second kappa shape index (κ2) is 7.26. The van der Waals surface area contributed by atoms with Crippen LogP contribution in [0.2, 0.25) is 0 Å². The third-order valence-corrected chi connectivity index (χ3v) is 7.54. The zero-order valence-electron chi connectivity index (χ0n) is 17.0. The third kappa shape index (κ3) is 3.28. The summed E-state index contributed by atoms with van der Waals surface area (Å²) < 4.78 is 0. The Kier molecular flexibility index (Phi) is 4.72. The lowest BCUT2D eigenvalue weighted by atomic mass is 9.73. The average molecular weight is 391 g/mol. The van der Waals surface area contributed by atoms with E-state index in [-0.39, 0.29) is 17.4 Å². The van der Waals surface area contributed by atoms with Crippen molar-refractivity contribution in [1.29, 1.82) is 0 Å². The van der Waals surface area contributed by atoms with Crippen molar-refractivity contribution in [2.45, 2.75) is 31.2 Å². The first-order chi connectivity index (χ1) is 14.2. The first kappa shape index (κ1) is 18.8. The number of hydrogen-bond acceptors (Lipinski definition) is 3. The molecule has 4 heteroatoms. The Labute approximate surface area is 173 Å². The number of nitrogens with zero attached hydrogens (tertiary/aromatic N) is 2. The van der Waals surface area contributed by atoms with Gasteiger partial charge in [0.15, 0.2) is 0 Å². The molecule has 3 fully saturated rings. The minimum Gasteiger partial charge on any atom is -0.396 e. The van der Waals surface area contributed by atoms with Gasteiger partial charge in [-0.2, -0.15) is 0 Å². The van der Waals surface area contributed by atoms with Crippen LogP contribution in [-0.2, 0) is 16.8 Å². The molecule has 2 atom stereocenters. The number of aliphatic hydroxyl groups is 1. The minimum absolute atomic E-state index is 0.0605. The number of hydrogen-bond donors (Lipinski definition) is 1. The summed E-state index contributed by atoms with van der Waals surface area (Å²) in [5.74, 6) is 0.650. The Bertz CT molecular complexity index is 865. The van der Waals surface area contributed by atoms with Crippen LogP contribution in [0, 0.1) is 11.3 Å². The lowest BCUT2D eigenvalue weighted by molar-refractivity contribution is -0.138. The van der Waals surface area contributed by atoms with E-state index < -0.39 is 0 Å². The highest BCUT2D eigenvalue weighted by Gasteiger charge is 2.56. The van der Waals surface area contributed by atoms with Gasteiger partial charge in [0.2, 0.25) is 5.91 Å². The summed E-state index contributed by atoms with van der Waals surface area (Å²) in [5.41, 5.74) is 2.13. The third-order valence-electron chi connectivity index (χ3n) is 7.54. The fraction of sp³-hybridized carbons (Fsp3) is 0.480. The summed E-state index contributed by atoms with van der Waals surface area (Å²) in [7, 11) is 0. The minimum atomic E-state index is -0.289. The molecular weight excluding hydrogens is 360 g/mol. The molecule has 0 spiro atoms. The lowest BCUT2D eigenvalue weighted by Gasteiger charge is -2.43. The molecule has 0 bridgehead atoms. The molecule has 0 unspecified atom stereocenters. The molecule has 5 rings (SSSR count). The van der Waals surface area contributed by atoms with Crippen LogP contribution in [0.5, 0.6) is 0 Å². The number of aliphatic hydroxyl groups excluding tert-OH is 1. The van der Waals surface area contributed by atoms with Crippen molar-refractivity contribution in [2.24, 2.45) is 11.3 Å². The van der Waals surface area contributed by atoms with Crippen LogP contribution in [0.1, 0.15) is 30.4 Å². The van der Waals surface area contributed by atoms with Gasteiger partial charge in [-0.15, -0.1) is 0 Å². The summed E-state index contributed by atoms with van der Waals surface area (Å²) in [6.07, 6.45) is 2.82. The number of piperidine rings is 1. The fourth-order valence-corrected chi connectivity index (χ4v) is 5.61. The van der Waals surface area contributed by atoms with Gasteiger partial charge in [0.25, 0.3) is 0 Å². The number of carbonyl (C=O) groups excluding carboxylic acids is 1. The molecule has 1 aliphatic carbocycles. The van der Waals surface area contributed by atoms with Crippen LogP contribution in [-0.4, -0.2) is 53.6 Å². The maximum absolute atomic E-state index is 13.5. The average Bonchev–Trinajstić information content (AvgIpc) is 3.50. The van der Waals surface area contributed by atoms with Crippen LogP contribution in [0.4, 0.5) is 0 Å². The Morgan fingerprint density at radius 2 is 1.66 bits per heavy atom. The number of fused-ring (bicyclic) bond motifs is 1. The molecule has 2 heterocycles. The van der Waals surface area contributed by atoms with Crippen LogP contribution in [0.15, 0.2) is 60.7 Å². The van der Waals surface area contributed by atoms with Crippen molar-refractivity contribution in [3.05, 3.63) is 71.8 Å². The van der Waals surface area contributed by atoms with E-state index in [1.54, 1.807) is 0 Å². The number of benzene rings is 2. The van der Waals surface area contributed by atoms with E-state index in [1.807, 2.05) is 24.3 Å². The van der Waals surface area contributed by atoms with E-state index in [0.717, 1.165) is 52.0 Å². The largest absolute Gasteiger partial charge is 0.396 e. The van der Waals surface area contributed by atoms with Gasteiger partial charge in [-0.05, 0) is 36.3 Å². The highest BCUT2D eigenvalue weighted by molar-refractivity contribution is 5.91. The van der Waals surface area contributed by atoms with Crippen molar-refractivity contribution in [1.82, 2.24) is 9.80 Å². The highest BCUT2D eigenvalue weighted by atomic mass is 16.3. The second-order valence-electron chi connectivity index (χ2n) is 9.32. The fourth-order valence-electron chi connectivity index (χ4n) is 5.61. The Morgan fingerprint density at radius 3 is 2.31 bits per heavy atom. The van der Waals surface area contributed by atoms with Crippen molar-refractivity contribution in [3.8, 4) is 0 Å². The van der Waals surface area contributed by atoms with Crippen LogP contribution in [0.3, 0.4) is 0 Å². The van der Waals surface area contributed by atoms with Crippen LogP contribution < -0.4 is 0 Å². The van der Waals surface area contributed by atoms with E-state index >= 15 is 0 Å². The molecule has 2 saturated heterocycles. The zero-order chi connectivity index (χ0) is 19.9. The molecule has 4 nitrogen and oxygen atoms in total. The second-order valence-corrected chi connectivity index (χ2v) is 9.32. The SMILES string of the molecule is O=C(N1CC[C@@]2(CO)CN(Cc3ccccc3)C[C@H]2C1)C1(c2ccccc2)CC1. The molecule has 1 N–H and O–H groups in total. The van der Waals surface area contributed by atoms with Gasteiger partial charge in [0, 0.05) is 38.1 Å². The van der Waals surface area contributed by atoms with E-state index in [9.17, 15) is 9.90 Å². The van der Waals surface area contributed by atoms with Gasteiger partial charge in [-0.25, -0.2) is 0 Å². The van der Waals surface area contributed by atoms with Gasteiger partial charge in [0.1, 0.15) is 0 Å². The van der Waals surface area contributed by atoms with Gasteiger partial charge in [-0.1, -0.05) is 60.7 Å². The molecule has 2 aliphatic heterocycles. The van der Waals surface area contributed by atoms with Crippen molar-refractivity contribution >= 4 is 5.91 Å². The maximum atomic E-state index is 13.5. The number of likely N-dealkylation sites (tertiary alicyclic amines) is 2. The van der Waals surface area contributed by atoms with Crippen LogP contribution in [0.25, 0.3) is 0 Å². The molecule has 1 saturated carbocycles. The summed E-state index contributed by atoms with van der Waals surface area (Å²) in [5, 5.41) is 10.3. The van der Waals surface area contributed by atoms with Gasteiger partial charge in [0.05, 0.1) is 12.0 Å². The molecule has 1 amide bonds. The quantitative estimate of drug-likeness (QED) is 0.853. The summed E-state index contributed by atoms with van der Waals surface area (Å²) in [4.78, 5) is 18.1. The summed E-state index contributed by atoms with van der Waals surface area (Å²) in [6.45, 7) is 4.56. The predicted molar refractivity (Wildman–Crippen MR) is 113 cm³/mol. The molecule has 152 valence electrons. The van der Waals surface area contributed by atoms with Crippen LogP contribution >= 0.6 is 0 Å². The molecular formula is C25H30N2O2. The molecule has 0 radical (unpaired) electrons. The van der Waals surface area contributed by atoms with Crippen molar-refractivity contribution < 1.29 is 9.90 Å². The first-order valence-electron chi connectivity index (χ1n) is 10.9. The summed E-state index contributed by atoms with van der Waals surface area (Å²) >= 11 is 0. The van der Waals surface area contributed by atoms with Gasteiger partial charge in [-0.3, -0.25) is 9.69 Å². The van der Waals surface area contributed by atoms with Crippen molar-refractivity contribution in [2.75, 3.05) is 32.8 Å². The standard InChI is InChI=1S/C25H30N2O2/c28-19-24-13-14-27(23(29)25(11-12-25)21-9-5-2-6-10-21)17-22(24)16-26(18-24)15-20-7-3-1-4-8-20/h1-10,22,28H,11-19H2/t22-,24-/m0/s1. The Morgan fingerprint density at radius 1 is 0.966 bits per heavy atom. The molecule has 2 aromatic rings. The van der Waals surface area contributed by atoms with E-state index in [4.69, 9.17) is 0 Å². The lowest BCUT2D eigenvalue weighted by Crippen LogP contribution is -2.52. The van der Waals surface area contributed by atoms with E-state index in [2.05, 4.69) is 46.2 Å². The number of amides is 1. The monoisotopic (exact) mass is 390 g/mol. The maximum Gasteiger partial charge on any atom is 0.233 e. The summed E-state index contributed by atoms with van der Waals surface area (Å²) in [6, 6.07) is 20.8. The van der Waals surface area contributed by atoms with E-state index in [0.29, 0.717) is 11.8 Å². The molecule has 0 aromatic heterocycles. The Hall–Kier alpha value is -2.17. The van der Waals surface area contributed by atoms with Gasteiger partial charge < -0.3 is 10.0 Å². The molecule has 29 heavy (non-hydrogen) atoms. The zero-order valence-corrected chi connectivity index (χ0v) is 17.0. The molecule has 3 aliphatic rings. The molecule has 2 aromatic carbocycles. The first-order valence-corrected chi connectivity index (χ1v) is 10.9. The number of rotatable bonds is 5.